The molecule has 1 atom stereocenters. The highest BCUT2D eigenvalue weighted by molar-refractivity contribution is 5.78. The molecule has 1 fully saturated rings. The Kier molecular flexibility index (Phi) is 3.29. The molecule has 1 aromatic carbocycles. The minimum atomic E-state index is 0.209. The van der Waals surface area contributed by atoms with Gasteiger partial charge in [-0.2, -0.15) is 0 Å². The lowest BCUT2D eigenvalue weighted by Gasteiger charge is -2.16. The topological polar surface area (TPSA) is 64.8 Å². The van der Waals surface area contributed by atoms with Crippen molar-refractivity contribution in [3.8, 4) is 11.5 Å². The van der Waals surface area contributed by atoms with E-state index in [0.29, 0.717) is 18.9 Å². The normalized spacial score (nSPS) is 21.2. The van der Waals surface area contributed by atoms with Gasteiger partial charge in [0.25, 0.3) is 0 Å². The molecule has 102 valence electrons. The average molecular weight is 262 g/mol. The Morgan fingerprint density at radius 1 is 1.37 bits per heavy atom. The van der Waals surface area contributed by atoms with Crippen LogP contribution >= 0.6 is 0 Å². The van der Waals surface area contributed by atoms with Crippen molar-refractivity contribution in [1.29, 1.82) is 0 Å². The molecule has 19 heavy (non-hydrogen) atoms. The standard InChI is InChI=1S/C14H18N2O3/c15-7-10-6-13(17)16(8-10)5-4-11-2-1-3-12-14(11)19-9-18-12/h1-3,10H,4-9,15H2. The number of hydrogen-bond donors (Lipinski definition) is 1. The molecule has 0 radical (unpaired) electrons. The van der Waals surface area contributed by atoms with E-state index in [1.807, 2.05) is 23.1 Å². The van der Waals surface area contributed by atoms with Gasteiger partial charge in [0, 0.05) is 19.5 Å². The predicted octanol–water partition coefficient (Wildman–Crippen LogP) is 0.765. The van der Waals surface area contributed by atoms with E-state index in [0.717, 1.165) is 36.6 Å². The van der Waals surface area contributed by atoms with E-state index in [1.54, 1.807) is 0 Å². The van der Waals surface area contributed by atoms with Crippen LogP contribution in [0.1, 0.15) is 12.0 Å². The lowest BCUT2D eigenvalue weighted by molar-refractivity contribution is -0.127. The summed E-state index contributed by atoms with van der Waals surface area (Å²) in [6.07, 6.45) is 1.37. The van der Waals surface area contributed by atoms with E-state index < -0.39 is 0 Å². The van der Waals surface area contributed by atoms with Crippen LogP contribution < -0.4 is 15.2 Å². The van der Waals surface area contributed by atoms with Crippen molar-refractivity contribution in [2.75, 3.05) is 26.4 Å². The molecule has 2 aliphatic rings. The Morgan fingerprint density at radius 2 is 2.26 bits per heavy atom. The summed E-state index contributed by atoms with van der Waals surface area (Å²) in [4.78, 5) is 13.7. The molecular weight excluding hydrogens is 244 g/mol. The smallest absolute Gasteiger partial charge is 0.231 e. The fourth-order valence-corrected chi connectivity index (χ4v) is 2.67. The summed E-state index contributed by atoms with van der Waals surface area (Å²) in [5.74, 6) is 2.14. The van der Waals surface area contributed by atoms with E-state index in [4.69, 9.17) is 15.2 Å². The number of fused-ring (bicyclic) bond motifs is 1. The van der Waals surface area contributed by atoms with Crippen molar-refractivity contribution in [1.82, 2.24) is 4.90 Å². The van der Waals surface area contributed by atoms with Crippen LogP contribution in [0.25, 0.3) is 0 Å². The average Bonchev–Trinajstić information content (AvgIpc) is 3.02. The van der Waals surface area contributed by atoms with Crippen molar-refractivity contribution in [3.63, 3.8) is 0 Å². The molecule has 1 aromatic rings. The van der Waals surface area contributed by atoms with Crippen LogP contribution in [0, 0.1) is 5.92 Å². The fourth-order valence-electron chi connectivity index (χ4n) is 2.67. The first kappa shape index (κ1) is 12.3. The summed E-state index contributed by atoms with van der Waals surface area (Å²) in [6.45, 7) is 2.36. The second kappa shape index (κ2) is 5.09. The number of carbonyl (C=O) groups is 1. The summed E-state index contributed by atoms with van der Waals surface area (Å²) in [6, 6.07) is 5.88. The van der Waals surface area contributed by atoms with E-state index >= 15 is 0 Å². The van der Waals surface area contributed by atoms with Crippen molar-refractivity contribution in [3.05, 3.63) is 23.8 Å². The first-order valence-electron chi connectivity index (χ1n) is 6.63. The molecule has 1 unspecified atom stereocenters. The van der Waals surface area contributed by atoms with Gasteiger partial charge in [-0.3, -0.25) is 4.79 Å². The lowest BCUT2D eigenvalue weighted by Crippen LogP contribution is -2.28. The lowest BCUT2D eigenvalue weighted by atomic mass is 10.1. The Balaban J connectivity index is 1.64. The third kappa shape index (κ3) is 2.38. The summed E-state index contributed by atoms with van der Waals surface area (Å²) in [7, 11) is 0. The molecule has 0 bridgehead atoms. The van der Waals surface area contributed by atoms with Crippen molar-refractivity contribution >= 4 is 5.91 Å². The van der Waals surface area contributed by atoms with Crippen molar-refractivity contribution < 1.29 is 14.3 Å². The molecule has 5 nitrogen and oxygen atoms in total. The molecule has 0 saturated carbocycles. The second-order valence-electron chi connectivity index (χ2n) is 5.05. The number of benzene rings is 1. The highest BCUT2D eigenvalue weighted by atomic mass is 16.7. The summed E-state index contributed by atoms with van der Waals surface area (Å²) >= 11 is 0. The number of para-hydroxylation sites is 1. The number of ether oxygens (including phenoxy) is 2. The maximum Gasteiger partial charge on any atom is 0.231 e. The van der Waals surface area contributed by atoms with Gasteiger partial charge in [0.2, 0.25) is 12.7 Å². The van der Waals surface area contributed by atoms with Crippen LogP contribution in [0.5, 0.6) is 11.5 Å². The van der Waals surface area contributed by atoms with Gasteiger partial charge in [-0.05, 0) is 30.5 Å². The molecule has 0 spiro atoms. The van der Waals surface area contributed by atoms with Crippen molar-refractivity contribution in [2.24, 2.45) is 11.7 Å². The van der Waals surface area contributed by atoms with Crippen LogP contribution in [0.15, 0.2) is 18.2 Å². The minimum absolute atomic E-state index is 0.209. The molecule has 3 rings (SSSR count). The van der Waals surface area contributed by atoms with E-state index in [2.05, 4.69) is 0 Å². The van der Waals surface area contributed by atoms with Crippen LogP contribution in [0.2, 0.25) is 0 Å². The van der Waals surface area contributed by atoms with Gasteiger partial charge < -0.3 is 20.1 Å². The van der Waals surface area contributed by atoms with E-state index in [1.165, 1.54) is 0 Å². The largest absolute Gasteiger partial charge is 0.454 e. The Morgan fingerprint density at radius 3 is 3.05 bits per heavy atom. The number of hydrogen-bond acceptors (Lipinski definition) is 4. The maximum atomic E-state index is 11.8. The predicted molar refractivity (Wildman–Crippen MR) is 70.0 cm³/mol. The molecule has 1 amide bonds. The van der Waals surface area contributed by atoms with Gasteiger partial charge in [0.05, 0.1) is 0 Å². The van der Waals surface area contributed by atoms with Crippen LogP contribution in [-0.2, 0) is 11.2 Å². The Hall–Kier alpha value is -1.75. The Labute approximate surface area is 112 Å². The molecule has 5 heteroatoms. The summed E-state index contributed by atoms with van der Waals surface area (Å²) in [5.41, 5.74) is 6.72. The quantitative estimate of drug-likeness (QED) is 0.870. The first-order chi connectivity index (χ1) is 9.28. The van der Waals surface area contributed by atoms with Crippen LogP contribution in [-0.4, -0.2) is 37.2 Å². The zero-order valence-electron chi connectivity index (χ0n) is 10.8. The van der Waals surface area contributed by atoms with Crippen molar-refractivity contribution in [2.45, 2.75) is 12.8 Å². The molecule has 0 aliphatic carbocycles. The zero-order chi connectivity index (χ0) is 13.2. The number of carbonyl (C=O) groups excluding carboxylic acids is 1. The number of likely N-dealkylation sites (tertiary alicyclic amines) is 1. The van der Waals surface area contributed by atoms with Gasteiger partial charge >= 0.3 is 0 Å². The summed E-state index contributed by atoms with van der Waals surface area (Å²) < 4.78 is 10.8. The molecule has 2 heterocycles. The van der Waals surface area contributed by atoms with Gasteiger partial charge in [-0.25, -0.2) is 0 Å². The zero-order valence-corrected chi connectivity index (χ0v) is 10.8. The molecule has 1 saturated heterocycles. The Bertz CT molecular complexity index is 490. The SMILES string of the molecule is NCC1CC(=O)N(CCc2cccc3c2OCO3)C1. The number of nitrogens with zero attached hydrogens (tertiary/aromatic N) is 1. The monoisotopic (exact) mass is 262 g/mol. The van der Waals surface area contributed by atoms with E-state index in [-0.39, 0.29) is 12.7 Å². The number of rotatable bonds is 4. The highest BCUT2D eigenvalue weighted by Gasteiger charge is 2.28. The third-order valence-electron chi connectivity index (χ3n) is 3.76. The summed E-state index contributed by atoms with van der Waals surface area (Å²) in [5, 5.41) is 0. The van der Waals surface area contributed by atoms with Gasteiger partial charge in [0.1, 0.15) is 0 Å². The molecule has 0 aromatic heterocycles. The maximum absolute atomic E-state index is 11.8. The minimum Gasteiger partial charge on any atom is -0.454 e. The second-order valence-corrected chi connectivity index (χ2v) is 5.05. The third-order valence-corrected chi connectivity index (χ3v) is 3.76. The number of nitrogens with two attached hydrogens (primary N) is 1. The first-order valence-corrected chi connectivity index (χ1v) is 6.63. The van der Waals surface area contributed by atoms with E-state index in [9.17, 15) is 4.79 Å². The molecule has 2 aliphatic heterocycles. The highest BCUT2D eigenvalue weighted by Crippen LogP contribution is 2.35. The van der Waals surface area contributed by atoms with Gasteiger partial charge in [-0.1, -0.05) is 12.1 Å². The molecular formula is C14H18N2O3. The molecule has 2 N–H and O–H groups in total. The fraction of sp³-hybridized carbons (Fsp3) is 0.500. The van der Waals surface area contributed by atoms with Crippen LogP contribution in [0.3, 0.4) is 0 Å². The number of amides is 1. The van der Waals surface area contributed by atoms with Crippen LogP contribution in [0.4, 0.5) is 0 Å². The van der Waals surface area contributed by atoms with Gasteiger partial charge in [0.15, 0.2) is 11.5 Å². The van der Waals surface area contributed by atoms with Gasteiger partial charge in [-0.15, -0.1) is 0 Å².